The number of rotatable bonds is 9. The number of hydrogen-bond donors (Lipinski definition) is 1. The molecule has 1 amide bonds. The Labute approximate surface area is 258 Å². The van der Waals surface area contributed by atoms with Crippen molar-refractivity contribution >= 4 is 61.3 Å². The van der Waals surface area contributed by atoms with Gasteiger partial charge in [-0.2, -0.15) is 0 Å². The largest absolute Gasteiger partial charge is 0.490 e. The topological polar surface area (TPSA) is 50.8 Å². The molecule has 1 unspecified atom stereocenters. The summed E-state index contributed by atoms with van der Waals surface area (Å²) < 4.78 is 14.0. The monoisotopic (exact) mass is 684 g/mol. The van der Waals surface area contributed by atoms with Crippen LogP contribution >= 0.6 is 43.6 Å². The van der Waals surface area contributed by atoms with Gasteiger partial charge in [-0.3, -0.25) is 4.79 Å². The number of hydrogen-bond acceptors (Lipinski definition) is 5. The molecular weight excluding hydrogens is 652 g/mol. The van der Waals surface area contributed by atoms with Crippen LogP contribution < -0.4 is 14.8 Å². The first-order valence-electron chi connectivity index (χ1n) is 13.8. The van der Waals surface area contributed by atoms with E-state index < -0.39 is 0 Å². The number of nitrogens with one attached hydrogen (secondary N) is 1. The Morgan fingerprint density at radius 3 is 2.50 bits per heavy atom. The van der Waals surface area contributed by atoms with Gasteiger partial charge in [0.1, 0.15) is 6.61 Å². The number of halogens is 2. The third-order valence-electron chi connectivity index (χ3n) is 7.35. The van der Waals surface area contributed by atoms with Gasteiger partial charge in [0.25, 0.3) is 5.91 Å². The van der Waals surface area contributed by atoms with E-state index >= 15 is 0 Å². The van der Waals surface area contributed by atoms with E-state index in [4.69, 9.17) is 9.47 Å². The highest BCUT2D eigenvalue weighted by molar-refractivity contribution is 9.10. The second-order valence-electron chi connectivity index (χ2n) is 10.2. The van der Waals surface area contributed by atoms with Crippen molar-refractivity contribution in [2.45, 2.75) is 57.7 Å². The van der Waals surface area contributed by atoms with E-state index in [1.165, 1.54) is 6.42 Å². The first-order chi connectivity index (χ1) is 19.4. The lowest BCUT2D eigenvalue weighted by molar-refractivity contribution is -0.129. The van der Waals surface area contributed by atoms with Crippen molar-refractivity contribution in [2.75, 3.05) is 11.9 Å². The Balaban J connectivity index is 1.42. The molecule has 210 valence electrons. The predicted molar refractivity (Wildman–Crippen MR) is 171 cm³/mol. The van der Waals surface area contributed by atoms with Gasteiger partial charge in [-0.05, 0) is 95.2 Å². The van der Waals surface area contributed by atoms with Crippen LogP contribution in [0.3, 0.4) is 0 Å². The third kappa shape index (κ3) is 6.89. The van der Waals surface area contributed by atoms with Crippen LogP contribution in [0.15, 0.2) is 80.6 Å². The molecular formula is C32H34Br2N2O3S. The molecule has 40 heavy (non-hydrogen) atoms. The molecule has 3 aromatic carbocycles. The van der Waals surface area contributed by atoms with Crippen molar-refractivity contribution in [3.05, 3.63) is 91.7 Å². The van der Waals surface area contributed by atoms with Crippen molar-refractivity contribution in [1.29, 1.82) is 0 Å². The maximum Gasteiger partial charge on any atom is 0.262 e. The zero-order valence-corrected chi connectivity index (χ0v) is 26.7. The lowest BCUT2D eigenvalue weighted by atomic mass is 9.85. The van der Waals surface area contributed by atoms with Gasteiger partial charge in [0, 0.05) is 16.2 Å². The fourth-order valence-corrected chi connectivity index (χ4v) is 7.38. The molecule has 5 nitrogen and oxygen atoms in total. The van der Waals surface area contributed by atoms with Crippen LogP contribution in [-0.2, 0) is 11.4 Å². The van der Waals surface area contributed by atoms with Crippen LogP contribution in [0.4, 0.5) is 5.69 Å². The fourth-order valence-electron chi connectivity index (χ4n) is 5.33. The van der Waals surface area contributed by atoms with Crippen molar-refractivity contribution in [3.63, 3.8) is 0 Å². The molecule has 1 saturated carbocycles. The van der Waals surface area contributed by atoms with Gasteiger partial charge in [-0.15, -0.1) is 0 Å². The zero-order valence-electron chi connectivity index (χ0n) is 22.7. The molecule has 0 radical (unpaired) electrons. The van der Waals surface area contributed by atoms with Gasteiger partial charge in [0.05, 0.1) is 16.0 Å². The van der Waals surface area contributed by atoms with Gasteiger partial charge in [0.2, 0.25) is 0 Å². The van der Waals surface area contributed by atoms with E-state index in [2.05, 4.69) is 49.0 Å². The summed E-state index contributed by atoms with van der Waals surface area (Å²) in [7, 11) is 0. The first-order valence-corrected chi connectivity index (χ1v) is 16.3. The van der Waals surface area contributed by atoms with Crippen molar-refractivity contribution in [3.8, 4) is 11.5 Å². The number of nitrogens with zero attached hydrogens (tertiary/aromatic N) is 1. The van der Waals surface area contributed by atoms with Crippen LogP contribution in [0.1, 0.15) is 50.7 Å². The molecule has 3 aromatic rings. The second-order valence-corrected chi connectivity index (χ2v) is 13.1. The van der Waals surface area contributed by atoms with Crippen LogP contribution in [0.5, 0.6) is 11.5 Å². The molecule has 1 heterocycles. The zero-order chi connectivity index (χ0) is 28.1. The molecule has 2 aliphatic rings. The quantitative estimate of drug-likeness (QED) is 0.228. The number of carbonyl (C=O) groups excluding carboxylic acids is 1. The Hall–Kier alpha value is -2.42. The fraction of sp³-hybridized carbons (Fsp3) is 0.344. The summed E-state index contributed by atoms with van der Waals surface area (Å²) in [6.45, 7) is 5.16. The van der Waals surface area contributed by atoms with Gasteiger partial charge in [0.15, 0.2) is 17.0 Å². The molecule has 8 heteroatoms. The number of carbonyl (C=O) groups is 1. The summed E-state index contributed by atoms with van der Waals surface area (Å²) in [4.78, 5) is 16.7. The molecule has 1 aliphatic heterocycles. The molecule has 0 spiro atoms. The van der Waals surface area contributed by atoms with Gasteiger partial charge >= 0.3 is 0 Å². The molecule has 0 aromatic heterocycles. The molecule has 5 rings (SSSR count). The van der Waals surface area contributed by atoms with E-state index in [0.29, 0.717) is 30.6 Å². The van der Waals surface area contributed by atoms with E-state index in [0.717, 1.165) is 49.9 Å². The maximum absolute atomic E-state index is 13.9. The van der Waals surface area contributed by atoms with Gasteiger partial charge in [-0.25, -0.2) is 0 Å². The molecule has 0 bridgehead atoms. The van der Waals surface area contributed by atoms with Crippen LogP contribution in [-0.4, -0.2) is 29.0 Å². The van der Waals surface area contributed by atoms with Crippen molar-refractivity contribution in [2.24, 2.45) is 5.92 Å². The lowest BCUT2D eigenvalue weighted by Gasteiger charge is -2.39. The van der Waals surface area contributed by atoms with Crippen LogP contribution in [0.25, 0.3) is 6.08 Å². The smallest absolute Gasteiger partial charge is 0.262 e. The van der Waals surface area contributed by atoms with E-state index in [1.807, 2.05) is 79.7 Å². The summed E-state index contributed by atoms with van der Waals surface area (Å²) in [6.07, 6.45) is 6.57. The summed E-state index contributed by atoms with van der Waals surface area (Å²) in [5.41, 5.74) is 2.80. The number of benzene rings is 3. The first kappa shape index (κ1) is 29.1. The summed E-state index contributed by atoms with van der Waals surface area (Å²) >= 11 is 8.76. The molecule has 1 N–H and O–H groups in total. The van der Waals surface area contributed by atoms with E-state index in [9.17, 15) is 4.79 Å². The number of ether oxygens (including phenoxy) is 2. The summed E-state index contributed by atoms with van der Waals surface area (Å²) in [5, 5.41) is 3.61. The van der Waals surface area contributed by atoms with E-state index in [-0.39, 0.29) is 17.4 Å². The number of amides is 1. The average molecular weight is 687 g/mol. The highest BCUT2D eigenvalue weighted by Crippen LogP contribution is 2.44. The van der Waals surface area contributed by atoms with Crippen molar-refractivity contribution < 1.29 is 14.3 Å². The summed E-state index contributed by atoms with van der Waals surface area (Å²) in [5.74, 6) is 1.85. The Morgan fingerprint density at radius 1 is 1.02 bits per heavy atom. The number of thioether (sulfide) groups is 1. The van der Waals surface area contributed by atoms with Crippen LogP contribution in [0, 0.1) is 5.92 Å². The molecule has 3 atom stereocenters. The van der Waals surface area contributed by atoms with Crippen molar-refractivity contribution in [1.82, 2.24) is 4.90 Å². The normalized spacial score (nSPS) is 22.0. The van der Waals surface area contributed by atoms with Crippen LogP contribution in [0.2, 0.25) is 0 Å². The highest BCUT2D eigenvalue weighted by atomic mass is 79.9. The molecule has 1 saturated heterocycles. The van der Waals surface area contributed by atoms with Gasteiger partial charge < -0.3 is 19.7 Å². The number of anilines is 1. The predicted octanol–water partition coefficient (Wildman–Crippen LogP) is 9.08. The number of para-hydroxylation sites is 1. The summed E-state index contributed by atoms with van der Waals surface area (Å²) in [6, 6.07) is 22.4. The second kappa shape index (κ2) is 13.5. The van der Waals surface area contributed by atoms with E-state index in [1.54, 1.807) is 11.8 Å². The molecule has 1 aliphatic carbocycles. The minimum absolute atomic E-state index is 0.0850. The Kier molecular flexibility index (Phi) is 9.81. The lowest BCUT2D eigenvalue weighted by Crippen LogP contribution is -2.48. The SMILES string of the molecule is CCOc1cc(/C=C2\SC(Nc3ccccc3)N([C@H]3CCCC[C@H]3C)C2=O)cc(Br)c1OCc1ccc(Br)cc1. The standard InChI is InChI=1S/C32H34Br2N2O3S/c1-3-38-28-18-23(17-26(34)30(28)39-20-22-13-15-24(33)16-14-22)19-29-31(37)36(27-12-8-7-9-21(27)2)32(40-29)35-25-10-5-4-6-11-25/h4-6,10-11,13-19,21,27,32,35H,3,7-9,12,20H2,1-2H3/b29-19-/t21-,27+,32?/m1/s1. The third-order valence-corrected chi connectivity index (χ3v) is 9.58. The average Bonchev–Trinajstić information content (AvgIpc) is 3.24. The Morgan fingerprint density at radius 2 is 1.77 bits per heavy atom. The molecule has 2 fully saturated rings. The highest BCUT2D eigenvalue weighted by Gasteiger charge is 2.43. The van der Waals surface area contributed by atoms with Gasteiger partial charge in [-0.1, -0.05) is 77.8 Å². The maximum atomic E-state index is 13.9. The Bertz CT molecular complexity index is 1350. The minimum atomic E-state index is -0.157. The minimum Gasteiger partial charge on any atom is -0.490 e.